The minimum absolute atomic E-state index is 0.196. The Morgan fingerprint density at radius 1 is 1.15 bits per heavy atom. The normalized spacial score (nSPS) is 14.1. The third-order valence-electron chi connectivity index (χ3n) is 3.60. The number of carbonyl (C=O) groups excluding carboxylic acids is 1. The zero-order valence-electron chi connectivity index (χ0n) is 12.6. The van der Waals surface area contributed by atoms with Crippen LogP contribution in [0.15, 0.2) is 0 Å². The molecule has 1 rings (SSSR count). The fourth-order valence-electron chi connectivity index (χ4n) is 2.21. The predicted molar refractivity (Wildman–Crippen MR) is 78.7 cm³/mol. The Kier molecular flexibility index (Phi) is 8.07. The van der Waals surface area contributed by atoms with Gasteiger partial charge in [0, 0.05) is 13.1 Å². The van der Waals surface area contributed by atoms with Crippen molar-refractivity contribution < 1.29 is 14.7 Å². The number of amides is 2. The van der Waals surface area contributed by atoms with E-state index in [2.05, 4.69) is 12.2 Å². The van der Waals surface area contributed by atoms with E-state index < -0.39 is 5.97 Å². The first-order valence-electron chi connectivity index (χ1n) is 7.88. The number of rotatable bonds is 11. The van der Waals surface area contributed by atoms with Gasteiger partial charge in [-0.25, -0.2) is 4.79 Å². The molecule has 0 aliphatic heterocycles. The van der Waals surface area contributed by atoms with Crippen molar-refractivity contribution in [2.24, 2.45) is 5.92 Å². The van der Waals surface area contributed by atoms with Gasteiger partial charge in [-0.1, -0.05) is 39.0 Å². The zero-order chi connectivity index (χ0) is 14.8. The first kappa shape index (κ1) is 16.8. The molecule has 116 valence electrons. The van der Waals surface area contributed by atoms with Gasteiger partial charge in [-0.2, -0.15) is 0 Å². The van der Waals surface area contributed by atoms with E-state index in [1.165, 1.54) is 30.6 Å². The molecule has 20 heavy (non-hydrogen) atoms. The Bertz CT molecular complexity index is 303. The Morgan fingerprint density at radius 3 is 2.40 bits per heavy atom. The maximum atomic E-state index is 11.9. The molecule has 5 nitrogen and oxygen atoms in total. The number of hydrogen-bond acceptors (Lipinski definition) is 2. The van der Waals surface area contributed by atoms with Crippen molar-refractivity contribution in [3.05, 3.63) is 0 Å². The van der Waals surface area contributed by atoms with Gasteiger partial charge < -0.3 is 15.3 Å². The number of carbonyl (C=O) groups is 2. The molecule has 2 amide bonds. The first-order chi connectivity index (χ1) is 9.63. The van der Waals surface area contributed by atoms with Gasteiger partial charge in [0.1, 0.15) is 6.54 Å². The zero-order valence-corrected chi connectivity index (χ0v) is 12.6. The van der Waals surface area contributed by atoms with Crippen molar-refractivity contribution in [2.75, 3.05) is 19.6 Å². The molecule has 0 aromatic carbocycles. The lowest BCUT2D eigenvalue weighted by molar-refractivity contribution is -0.137. The van der Waals surface area contributed by atoms with Crippen molar-refractivity contribution >= 4 is 12.0 Å². The van der Waals surface area contributed by atoms with Crippen LogP contribution < -0.4 is 5.32 Å². The largest absolute Gasteiger partial charge is 0.480 e. The molecule has 0 bridgehead atoms. The molecule has 0 unspecified atom stereocenters. The minimum atomic E-state index is -0.944. The third-order valence-corrected chi connectivity index (χ3v) is 3.60. The van der Waals surface area contributed by atoms with Crippen LogP contribution >= 0.6 is 0 Å². The Labute approximate surface area is 121 Å². The second kappa shape index (κ2) is 9.61. The van der Waals surface area contributed by atoms with Crippen LogP contribution in [0.5, 0.6) is 0 Å². The van der Waals surface area contributed by atoms with Crippen molar-refractivity contribution in [3.63, 3.8) is 0 Å². The van der Waals surface area contributed by atoms with Crippen LogP contribution in [-0.2, 0) is 4.79 Å². The summed E-state index contributed by atoms with van der Waals surface area (Å²) >= 11 is 0. The van der Waals surface area contributed by atoms with Crippen molar-refractivity contribution in [3.8, 4) is 0 Å². The molecule has 0 radical (unpaired) electrons. The van der Waals surface area contributed by atoms with Gasteiger partial charge in [-0.15, -0.1) is 0 Å². The van der Waals surface area contributed by atoms with Crippen LogP contribution in [0.4, 0.5) is 4.79 Å². The smallest absolute Gasteiger partial charge is 0.323 e. The SMILES string of the molecule is CCCCCCCCNC(=O)N(CC(=O)O)CC1CC1. The van der Waals surface area contributed by atoms with Gasteiger partial charge in [0.25, 0.3) is 0 Å². The number of nitrogens with zero attached hydrogens (tertiary/aromatic N) is 1. The summed E-state index contributed by atoms with van der Waals surface area (Å²) in [7, 11) is 0. The van der Waals surface area contributed by atoms with Crippen LogP contribution in [-0.4, -0.2) is 41.6 Å². The lowest BCUT2D eigenvalue weighted by atomic mass is 10.1. The molecular weight excluding hydrogens is 256 g/mol. The number of aliphatic carboxylic acids is 1. The van der Waals surface area contributed by atoms with E-state index in [1.807, 2.05) is 0 Å². The van der Waals surface area contributed by atoms with E-state index in [4.69, 9.17) is 5.11 Å². The standard InChI is InChI=1S/C15H28N2O3/c1-2-3-4-5-6-7-10-16-15(20)17(12-14(18)19)11-13-8-9-13/h13H,2-12H2,1H3,(H,16,20)(H,18,19). The summed E-state index contributed by atoms with van der Waals surface area (Å²) in [6.07, 6.45) is 9.31. The molecule has 1 aliphatic rings. The van der Waals surface area contributed by atoms with Gasteiger partial charge in [0.05, 0.1) is 0 Å². The van der Waals surface area contributed by atoms with Gasteiger partial charge in [0.2, 0.25) is 0 Å². The van der Waals surface area contributed by atoms with E-state index in [0.29, 0.717) is 19.0 Å². The number of urea groups is 1. The molecule has 0 heterocycles. The first-order valence-corrected chi connectivity index (χ1v) is 7.88. The Morgan fingerprint density at radius 2 is 1.80 bits per heavy atom. The van der Waals surface area contributed by atoms with E-state index in [1.54, 1.807) is 0 Å². The fourth-order valence-corrected chi connectivity index (χ4v) is 2.21. The lowest BCUT2D eigenvalue weighted by Crippen LogP contribution is -2.44. The van der Waals surface area contributed by atoms with Crippen molar-refractivity contribution in [1.29, 1.82) is 0 Å². The average Bonchev–Trinajstić information content (AvgIpc) is 3.20. The molecule has 0 saturated heterocycles. The number of nitrogens with one attached hydrogen (secondary N) is 1. The molecule has 2 N–H and O–H groups in total. The van der Waals surface area contributed by atoms with Gasteiger partial charge in [-0.3, -0.25) is 4.79 Å². The number of hydrogen-bond donors (Lipinski definition) is 2. The molecule has 1 saturated carbocycles. The summed E-state index contributed by atoms with van der Waals surface area (Å²) < 4.78 is 0. The third kappa shape index (κ3) is 8.02. The van der Waals surface area contributed by atoms with E-state index >= 15 is 0 Å². The highest BCUT2D eigenvalue weighted by Gasteiger charge is 2.27. The highest BCUT2D eigenvalue weighted by Crippen LogP contribution is 2.29. The van der Waals surface area contributed by atoms with E-state index in [0.717, 1.165) is 25.7 Å². The summed E-state index contributed by atoms with van der Waals surface area (Å²) in [4.78, 5) is 24.1. The fraction of sp³-hybridized carbons (Fsp3) is 0.867. The average molecular weight is 284 g/mol. The second-order valence-corrected chi connectivity index (χ2v) is 5.72. The summed E-state index contributed by atoms with van der Waals surface area (Å²) in [6.45, 7) is 3.22. The molecule has 1 aliphatic carbocycles. The van der Waals surface area contributed by atoms with E-state index in [9.17, 15) is 9.59 Å². The van der Waals surface area contributed by atoms with Crippen LogP contribution in [0.2, 0.25) is 0 Å². The maximum Gasteiger partial charge on any atom is 0.323 e. The molecule has 0 spiro atoms. The van der Waals surface area contributed by atoms with Crippen LogP contribution in [0.1, 0.15) is 58.3 Å². The molecular formula is C15H28N2O3. The van der Waals surface area contributed by atoms with Crippen LogP contribution in [0.25, 0.3) is 0 Å². The van der Waals surface area contributed by atoms with Crippen molar-refractivity contribution in [2.45, 2.75) is 58.3 Å². The molecule has 1 fully saturated rings. The van der Waals surface area contributed by atoms with Crippen molar-refractivity contribution in [1.82, 2.24) is 10.2 Å². The van der Waals surface area contributed by atoms with Crippen LogP contribution in [0.3, 0.4) is 0 Å². The summed E-state index contributed by atoms with van der Waals surface area (Å²) in [5, 5.41) is 11.7. The second-order valence-electron chi connectivity index (χ2n) is 5.72. The highest BCUT2D eigenvalue weighted by molar-refractivity contribution is 5.80. The number of carboxylic acid groups (broad SMARTS) is 1. The van der Waals surface area contributed by atoms with E-state index in [-0.39, 0.29) is 12.6 Å². The molecule has 5 heteroatoms. The maximum absolute atomic E-state index is 11.9. The summed E-state index contributed by atoms with van der Waals surface area (Å²) in [5.74, 6) is -0.436. The molecule has 0 aromatic heterocycles. The van der Waals surface area contributed by atoms with Gasteiger partial charge in [0.15, 0.2) is 0 Å². The summed E-state index contributed by atoms with van der Waals surface area (Å²) in [5.41, 5.74) is 0. The quantitative estimate of drug-likeness (QED) is 0.573. The Balaban J connectivity index is 2.12. The van der Waals surface area contributed by atoms with Gasteiger partial charge in [-0.05, 0) is 25.2 Å². The Hall–Kier alpha value is -1.26. The monoisotopic (exact) mass is 284 g/mol. The predicted octanol–water partition coefficient (Wildman–Crippen LogP) is 2.85. The highest BCUT2D eigenvalue weighted by atomic mass is 16.4. The molecule has 0 aromatic rings. The van der Waals surface area contributed by atoms with Crippen LogP contribution in [0, 0.1) is 5.92 Å². The number of carboxylic acids is 1. The minimum Gasteiger partial charge on any atom is -0.480 e. The summed E-state index contributed by atoms with van der Waals surface area (Å²) in [6, 6.07) is -0.229. The van der Waals surface area contributed by atoms with Gasteiger partial charge >= 0.3 is 12.0 Å². The topological polar surface area (TPSA) is 69.6 Å². The number of unbranched alkanes of at least 4 members (excludes halogenated alkanes) is 5. The lowest BCUT2D eigenvalue weighted by Gasteiger charge is -2.21. The molecule has 0 atom stereocenters.